The van der Waals surface area contributed by atoms with Crippen molar-refractivity contribution in [1.29, 1.82) is 0 Å². The maximum atomic E-state index is 14.1. The number of imidazole rings is 1. The van der Waals surface area contributed by atoms with Crippen molar-refractivity contribution >= 4 is 32.7 Å². The van der Waals surface area contributed by atoms with Crippen LogP contribution in [-0.4, -0.2) is 49.5 Å². The molecule has 258 valence electrons. The van der Waals surface area contributed by atoms with E-state index in [2.05, 4.69) is 4.84 Å². The van der Waals surface area contributed by atoms with Crippen LogP contribution in [0.3, 0.4) is 0 Å². The molecular weight excluding hydrogens is 657 g/mol. The lowest BCUT2D eigenvalue weighted by molar-refractivity contribution is -0.199. The molecule has 0 amide bonds. The molecule has 0 aliphatic carbocycles. The molecule has 4 rings (SSSR count). The molecule has 0 saturated carbocycles. The predicted molar refractivity (Wildman–Crippen MR) is 172 cm³/mol. The highest BCUT2D eigenvalue weighted by molar-refractivity contribution is 7.92. The molecule has 0 aliphatic rings. The Morgan fingerprint density at radius 2 is 1.58 bits per heavy atom. The summed E-state index contributed by atoms with van der Waals surface area (Å²) in [5.41, 5.74) is 4.67. The first-order valence-corrected chi connectivity index (χ1v) is 16.2. The fraction of sp³-hybridized carbons (Fsp3) is 0.312. The summed E-state index contributed by atoms with van der Waals surface area (Å²) in [5, 5.41) is 0. The zero-order valence-electron chi connectivity index (χ0n) is 26.4. The van der Waals surface area contributed by atoms with Crippen molar-refractivity contribution in [2.45, 2.75) is 37.3 Å². The Kier molecular flexibility index (Phi) is 11.4. The maximum absolute atomic E-state index is 14.1. The lowest BCUT2D eigenvalue weighted by Crippen LogP contribution is -2.39. The van der Waals surface area contributed by atoms with Crippen LogP contribution in [0.25, 0.3) is 11.0 Å². The third-order valence-electron chi connectivity index (χ3n) is 6.86. The standard InChI is InChI=1S/C32H35F3N4O8S/c1-4-16-44-22-11-9-13-24(18-22)46-29-21-27-26(37(2)31(41)38(27)3)20-28(29)39(47-30(40)32(33,34)35)48(42,43)25-14-10-12-23(19-25)45-17-8-6-5-7-15-36/h6,8-14,18-21H,4-5,7,15-17,36H2,1-3H3/b8-6+. The number of halogens is 3. The van der Waals surface area contributed by atoms with Crippen LogP contribution >= 0.6 is 0 Å². The van der Waals surface area contributed by atoms with E-state index in [0.717, 1.165) is 29.2 Å². The van der Waals surface area contributed by atoms with E-state index in [4.69, 9.17) is 19.9 Å². The van der Waals surface area contributed by atoms with Crippen LogP contribution in [-0.2, 0) is 33.8 Å². The lowest BCUT2D eigenvalue weighted by Gasteiger charge is -2.25. The number of carbonyl (C=O) groups excluding carboxylic acids is 1. The smallest absolute Gasteiger partial charge is 0.493 e. The Morgan fingerprint density at radius 1 is 0.938 bits per heavy atom. The molecule has 3 aromatic carbocycles. The Hall–Kier alpha value is -4.96. The molecule has 16 heteroatoms. The molecule has 48 heavy (non-hydrogen) atoms. The number of aromatic nitrogens is 2. The molecule has 0 unspecified atom stereocenters. The van der Waals surface area contributed by atoms with Crippen molar-refractivity contribution in [3.8, 4) is 23.0 Å². The minimum atomic E-state index is -5.58. The summed E-state index contributed by atoms with van der Waals surface area (Å²) in [6.07, 6.45) is 0.161. The van der Waals surface area contributed by atoms with E-state index in [9.17, 15) is 31.2 Å². The number of nitrogens with two attached hydrogens (primary N) is 1. The molecule has 12 nitrogen and oxygen atoms in total. The summed E-state index contributed by atoms with van der Waals surface area (Å²) in [5.74, 6) is -2.58. The second kappa shape index (κ2) is 15.3. The normalized spacial score (nSPS) is 12.0. The van der Waals surface area contributed by atoms with Crippen LogP contribution in [0.2, 0.25) is 0 Å². The second-order valence-corrected chi connectivity index (χ2v) is 12.2. The molecule has 0 aliphatic heterocycles. The maximum Gasteiger partial charge on any atom is 0.493 e. The van der Waals surface area contributed by atoms with Gasteiger partial charge in [-0.05, 0) is 56.1 Å². The summed E-state index contributed by atoms with van der Waals surface area (Å²) in [6, 6.07) is 13.5. The first-order valence-electron chi connectivity index (χ1n) is 14.8. The number of fused-ring (bicyclic) bond motifs is 1. The van der Waals surface area contributed by atoms with Gasteiger partial charge in [-0.25, -0.2) is 9.59 Å². The topological polar surface area (TPSA) is 144 Å². The minimum Gasteiger partial charge on any atom is -0.493 e. The average Bonchev–Trinajstić information content (AvgIpc) is 3.26. The Bertz CT molecular complexity index is 1950. The highest BCUT2D eigenvalue weighted by atomic mass is 32.2. The molecule has 0 bridgehead atoms. The summed E-state index contributed by atoms with van der Waals surface area (Å²) in [4.78, 5) is 29.1. The van der Waals surface area contributed by atoms with Crippen LogP contribution in [0, 0.1) is 0 Å². The molecular formula is C32H35F3N4O8S. The number of ether oxygens (including phenoxy) is 3. The molecule has 1 aromatic heterocycles. The van der Waals surface area contributed by atoms with Gasteiger partial charge in [0.25, 0.3) is 10.0 Å². The first kappa shape index (κ1) is 35.9. The van der Waals surface area contributed by atoms with E-state index in [1.165, 1.54) is 49.0 Å². The number of hydrogen-bond acceptors (Lipinski definition) is 9. The van der Waals surface area contributed by atoms with E-state index in [1.807, 2.05) is 13.0 Å². The van der Waals surface area contributed by atoms with Gasteiger partial charge in [0.15, 0.2) is 5.75 Å². The van der Waals surface area contributed by atoms with Crippen LogP contribution < -0.4 is 30.1 Å². The van der Waals surface area contributed by atoms with E-state index in [-0.39, 0.29) is 39.4 Å². The molecule has 0 spiro atoms. The highest BCUT2D eigenvalue weighted by Gasteiger charge is 2.45. The third-order valence-corrected chi connectivity index (χ3v) is 8.42. The van der Waals surface area contributed by atoms with Crippen LogP contribution in [0.15, 0.2) is 82.5 Å². The molecule has 0 atom stereocenters. The highest BCUT2D eigenvalue weighted by Crippen LogP contribution is 2.40. The van der Waals surface area contributed by atoms with E-state index in [0.29, 0.717) is 31.7 Å². The zero-order chi connectivity index (χ0) is 35.1. The van der Waals surface area contributed by atoms with Crippen molar-refractivity contribution < 1.29 is 45.4 Å². The Balaban J connectivity index is 1.86. The predicted octanol–water partition coefficient (Wildman–Crippen LogP) is 5.35. The summed E-state index contributed by atoms with van der Waals surface area (Å²) in [7, 11) is -2.28. The second-order valence-electron chi connectivity index (χ2n) is 10.4. The number of alkyl halides is 3. The van der Waals surface area contributed by atoms with Crippen molar-refractivity contribution in [2.75, 3.05) is 24.2 Å². The number of benzene rings is 3. The number of hydrogen-bond donors (Lipinski definition) is 1. The van der Waals surface area contributed by atoms with Gasteiger partial charge in [-0.1, -0.05) is 35.7 Å². The first-order chi connectivity index (χ1) is 22.8. The van der Waals surface area contributed by atoms with Gasteiger partial charge in [-0.3, -0.25) is 9.13 Å². The van der Waals surface area contributed by atoms with Gasteiger partial charge in [0.2, 0.25) is 0 Å². The van der Waals surface area contributed by atoms with E-state index < -0.39 is 38.4 Å². The number of unbranched alkanes of at least 4 members (excludes halogenated alkanes) is 1. The van der Waals surface area contributed by atoms with Gasteiger partial charge in [0, 0.05) is 32.3 Å². The molecule has 0 saturated heterocycles. The third kappa shape index (κ3) is 8.30. The quantitative estimate of drug-likeness (QED) is 0.0991. The van der Waals surface area contributed by atoms with Crippen LogP contribution in [0.4, 0.5) is 18.9 Å². The van der Waals surface area contributed by atoms with Gasteiger partial charge in [0.05, 0.1) is 22.5 Å². The fourth-order valence-electron chi connectivity index (χ4n) is 4.45. The Labute approximate surface area is 274 Å². The van der Waals surface area contributed by atoms with Gasteiger partial charge in [-0.2, -0.15) is 21.6 Å². The monoisotopic (exact) mass is 692 g/mol. The zero-order valence-corrected chi connectivity index (χ0v) is 27.2. The van der Waals surface area contributed by atoms with Crippen molar-refractivity contribution in [2.24, 2.45) is 19.8 Å². The summed E-state index contributed by atoms with van der Waals surface area (Å²) >= 11 is 0. The molecule has 0 radical (unpaired) electrons. The largest absolute Gasteiger partial charge is 0.493 e. The van der Waals surface area contributed by atoms with Crippen molar-refractivity contribution in [3.63, 3.8) is 0 Å². The van der Waals surface area contributed by atoms with E-state index in [1.54, 1.807) is 18.2 Å². The van der Waals surface area contributed by atoms with Crippen LogP contribution in [0.1, 0.15) is 26.2 Å². The fourth-order valence-corrected chi connectivity index (χ4v) is 5.73. The molecule has 2 N–H and O–H groups in total. The van der Waals surface area contributed by atoms with Gasteiger partial charge in [0.1, 0.15) is 29.5 Å². The lowest BCUT2D eigenvalue weighted by atomic mass is 10.2. The number of nitrogens with zero attached hydrogens (tertiary/aromatic N) is 3. The number of rotatable bonds is 15. The number of allylic oxidation sites excluding steroid dienone is 1. The van der Waals surface area contributed by atoms with Crippen LogP contribution in [0.5, 0.6) is 23.0 Å². The van der Waals surface area contributed by atoms with E-state index >= 15 is 0 Å². The molecule has 0 fully saturated rings. The summed E-state index contributed by atoms with van der Waals surface area (Å²) < 4.78 is 88.4. The van der Waals surface area contributed by atoms with Crippen molar-refractivity contribution in [1.82, 2.24) is 9.13 Å². The number of sulfonamides is 1. The molecule has 1 heterocycles. The SMILES string of the molecule is CCCOc1cccc(Oc2cc3c(cc2N(OC(=O)C(F)(F)F)S(=O)(=O)c2cccc(OC/C=C/CCCN)c2)n(C)c(=O)n3C)c1. The van der Waals surface area contributed by atoms with Gasteiger partial charge < -0.3 is 24.8 Å². The Morgan fingerprint density at radius 3 is 2.25 bits per heavy atom. The number of anilines is 1. The number of carbonyl (C=O) groups is 1. The summed E-state index contributed by atoms with van der Waals surface area (Å²) in [6.45, 7) is 2.88. The van der Waals surface area contributed by atoms with Crippen molar-refractivity contribution in [3.05, 3.63) is 83.3 Å². The molecule has 4 aromatic rings. The van der Waals surface area contributed by atoms with Gasteiger partial charge >= 0.3 is 17.8 Å². The average molecular weight is 693 g/mol. The minimum absolute atomic E-state index is 0.0680. The van der Waals surface area contributed by atoms with Gasteiger partial charge in [-0.15, -0.1) is 0 Å². The number of aryl methyl sites for hydroxylation is 2.